The molecule has 0 unspecified atom stereocenters. The van der Waals surface area contributed by atoms with Crippen molar-refractivity contribution in [1.82, 2.24) is 9.88 Å². The molecule has 33 heavy (non-hydrogen) atoms. The van der Waals surface area contributed by atoms with Crippen LogP contribution >= 0.6 is 0 Å². The van der Waals surface area contributed by atoms with Crippen LogP contribution in [0.5, 0.6) is 0 Å². The van der Waals surface area contributed by atoms with Gasteiger partial charge >= 0.3 is 6.09 Å². The van der Waals surface area contributed by atoms with Crippen molar-refractivity contribution < 1.29 is 13.9 Å². The summed E-state index contributed by atoms with van der Waals surface area (Å²) in [5, 5.41) is 3.65. The Labute approximate surface area is 194 Å². The highest BCUT2D eigenvalue weighted by Crippen LogP contribution is 2.41. The van der Waals surface area contributed by atoms with Gasteiger partial charge in [0.25, 0.3) is 5.56 Å². The fourth-order valence-corrected chi connectivity index (χ4v) is 4.94. The largest absolute Gasteiger partial charge is 0.444 e. The van der Waals surface area contributed by atoms with E-state index in [4.69, 9.17) is 4.74 Å². The fourth-order valence-electron chi connectivity index (χ4n) is 4.94. The molecule has 1 aromatic carbocycles. The van der Waals surface area contributed by atoms with Crippen molar-refractivity contribution in [3.8, 4) is 0 Å². The molecule has 1 saturated carbocycles. The summed E-state index contributed by atoms with van der Waals surface area (Å²) >= 11 is 0. The molecule has 1 aromatic heterocycles. The van der Waals surface area contributed by atoms with Gasteiger partial charge in [0, 0.05) is 36.6 Å². The summed E-state index contributed by atoms with van der Waals surface area (Å²) in [4.78, 5) is 27.1. The van der Waals surface area contributed by atoms with E-state index in [2.05, 4.69) is 11.9 Å². The highest BCUT2D eigenvalue weighted by atomic mass is 19.1. The van der Waals surface area contributed by atoms with Gasteiger partial charge in [-0.15, -0.1) is 0 Å². The first kappa shape index (κ1) is 23.3. The van der Waals surface area contributed by atoms with Crippen molar-refractivity contribution in [3.63, 3.8) is 0 Å². The van der Waals surface area contributed by atoms with Crippen molar-refractivity contribution in [3.05, 3.63) is 46.0 Å². The molecule has 0 spiro atoms. The maximum atomic E-state index is 15.5. The number of pyridine rings is 1. The molecule has 4 rings (SSSR count). The molecule has 1 aliphatic carbocycles. The van der Waals surface area contributed by atoms with Crippen LogP contribution in [-0.4, -0.2) is 35.4 Å². The van der Waals surface area contributed by atoms with Crippen LogP contribution in [0.1, 0.15) is 64.1 Å². The van der Waals surface area contributed by atoms with Crippen LogP contribution in [-0.2, 0) is 4.74 Å². The second-order valence-electron chi connectivity index (χ2n) is 10.4. The Morgan fingerprint density at radius 1 is 1.30 bits per heavy atom. The normalized spacial score (nSPS) is 19.6. The van der Waals surface area contributed by atoms with Gasteiger partial charge < -0.3 is 19.5 Å². The number of nitrogens with zero attached hydrogens (tertiary/aromatic N) is 2. The number of hydrogen-bond donors (Lipinski definition) is 1. The first-order valence-corrected chi connectivity index (χ1v) is 11.8. The number of alkyl carbamates (subject to hydrolysis) is 1. The Bertz CT molecular complexity index is 1160. The summed E-state index contributed by atoms with van der Waals surface area (Å²) in [5.41, 5.74) is 2.18. The van der Waals surface area contributed by atoms with Crippen molar-refractivity contribution in [2.45, 2.75) is 71.6 Å². The second-order valence-corrected chi connectivity index (χ2v) is 10.4. The molecular formula is C26H34FN3O3. The molecule has 2 aliphatic rings. The molecule has 2 aromatic rings. The van der Waals surface area contributed by atoms with Gasteiger partial charge in [0.05, 0.1) is 11.2 Å². The molecule has 0 radical (unpaired) electrons. The lowest BCUT2D eigenvalue weighted by molar-refractivity contribution is 0.0494. The molecular weight excluding hydrogens is 421 g/mol. The SMILES string of the molecule is C=Cc1cc(=O)n(C2CC2)c2c(C)c(N3CC[C@@H]([C@H](C)NC(=O)OC(C)(C)C)C3)c(F)cc12. The summed E-state index contributed by atoms with van der Waals surface area (Å²) in [5.74, 6) is -0.130. The third-order valence-corrected chi connectivity index (χ3v) is 6.66. The van der Waals surface area contributed by atoms with Gasteiger partial charge in [0.15, 0.2) is 0 Å². The van der Waals surface area contributed by atoms with Gasteiger partial charge in [-0.2, -0.15) is 0 Å². The van der Waals surface area contributed by atoms with E-state index < -0.39 is 11.7 Å². The van der Waals surface area contributed by atoms with Crippen LogP contribution in [0.2, 0.25) is 0 Å². The monoisotopic (exact) mass is 455 g/mol. The Morgan fingerprint density at radius 2 is 2.00 bits per heavy atom. The highest BCUT2D eigenvalue weighted by molar-refractivity contribution is 5.93. The Morgan fingerprint density at radius 3 is 2.61 bits per heavy atom. The van der Waals surface area contributed by atoms with Crippen LogP contribution in [0.15, 0.2) is 23.5 Å². The van der Waals surface area contributed by atoms with E-state index >= 15 is 4.39 Å². The molecule has 1 N–H and O–H groups in total. The minimum absolute atomic E-state index is 0.0601. The van der Waals surface area contributed by atoms with E-state index in [9.17, 15) is 9.59 Å². The second kappa shape index (κ2) is 8.50. The van der Waals surface area contributed by atoms with E-state index in [1.807, 2.05) is 44.1 Å². The molecule has 2 heterocycles. The number of hydrogen-bond acceptors (Lipinski definition) is 4. The average molecular weight is 456 g/mol. The van der Waals surface area contributed by atoms with Gasteiger partial charge in [0.2, 0.25) is 0 Å². The van der Waals surface area contributed by atoms with E-state index in [1.165, 1.54) is 0 Å². The zero-order valence-electron chi connectivity index (χ0n) is 20.2. The maximum absolute atomic E-state index is 15.5. The van der Waals surface area contributed by atoms with Crippen LogP contribution in [0, 0.1) is 18.7 Å². The van der Waals surface area contributed by atoms with Crippen molar-refractivity contribution in [2.24, 2.45) is 5.92 Å². The number of amides is 1. The number of rotatable bonds is 5. The number of nitrogens with one attached hydrogen (secondary N) is 1. The number of carbonyl (C=O) groups is 1. The number of ether oxygens (including phenoxy) is 1. The van der Waals surface area contributed by atoms with E-state index in [1.54, 1.807) is 18.2 Å². The summed E-state index contributed by atoms with van der Waals surface area (Å²) < 4.78 is 22.7. The predicted octanol–water partition coefficient (Wildman–Crippen LogP) is 5.17. The maximum Gasteiger partial charge on any atom is 0.407 e. The minimum atomic E-state index is -0.557. The number of benzene rings is 1. The lowest BCUT2D eigenvalue weighted by Gasteiger charge is -2.27. The number of aromatic nitrogens is 1. The lowest BCUT2D eigenvalue weighted by atomic mass is 10.0. The summed E-state index contributed by atoms with van der Waals surface area (Å²) in [6.45, 7) is 14.5. The number of halogens is 1. The van der Waals surface area contributed by atoms with Crippen LogP contribution < -0.4 is 15.8 Å². The number of fused-ring (bicyclic) bond motifs is 1. The number of aryl methyl sites for hydroxylation is 1. The highest BCUT2D eigenvalue weighted by Gasteiger charge is 2.33. The first-order valence-electron chi connectivity index (χ1n) is 11.8. The quantitative estimate of drug-likeness (QED) is 0.676. The molecule has 1 amide bonds. The molecule has 178 valence electrons. The standard InChI is InChI=1S/C26H34FN3O3/c1-7-17-12-22(31)30(19-8-9-19)23-15(2)24(21(27)13-20(17)23)29-11-10-18(14-29)16(3)28-25(32)33-26(4,5)6/h7,12-13,16,18-19H,1,8-11,14H2,2-6H3,(H,28,32)/t16-,18+/m0/s1. The fraction of sp³-hybridized carbons (Fsp3) is 0.538. The van der Waals surface area contributed by atoms with Gasteiger partial charge in [-0.1, -0.05) is 12.7 Å². The minimum Gasteiger partial charge on any atom is -0.444 e. The van der Waals surface area contributed by atoms with E-state index in [-0.39, 0.29) is 29.4 Å². The zero-order valence-corrected chi connectivity index (χ0v) is 20.2. The third kappa shape index (κ3) is 4.63. The van der Waals surface area contributed by atoms with Crippen molar-refractivity contribution in [2.75, 3.05) is 18.0 Å². The summed E-state index contributed by atoms with van der Waals surface area (Å²) in [7, 11) is 0. The topological polar surface area (TPSA) is 63.6 Å². The molecule has 1 saturated heterocycles. The third-order valence-electron chi connectivity index (χ3n) is 6.66. The molecule has 2 fully saturated rings. The number of carbonyl (C=O) groups excluding carboxylic acids is 1. The van der Waals surface area contributed by atoms with Gasteiger partial charge in [0.1, 0.15) is 11.4 Å². The molecule has 7 heteroatoms. The van der Waals surface area contributed by atoms with Gasteiger partial charge in [-0.3, -0.25) is 4.79 Å². The average Bonchev–Trinajstić information content (AvgIpc) is 3.42. The zero-order chi connectivity index (χ0) is 24.1. The molecule has 6 nitrogen and oxygen atoms in total. The first-order chi connectivity index (χ1) is 15.5. The smallest absolute Gasteiger partial charge is 0.407 e. The van der Waals surface area contributed by atoms with Crippen molar-refractivity contribution >= 4 is 28.8 Å². The van der Waals surface area contributed by atoms with Gasteiger partial charge in [-0.25, -0.2) is 9.18 Å². The summed E-state index contributed by atoms with van der Waals surface area (Å²) in [6, 6.07) is 3.18. The Hall–Kier alpha value is -2.83. The number of anilines is 1. The van der Waals surface area contributed by atoms with E-state index in [0.29, 0.717) is 24.3 Å². The van der Waals surface area contributed by atoms with Crippen LogP contribution in [0.3, 0.4) is 0 Å². The van der Waals surface area contributed by atoms with Crippen LogP contribution in [0.4, 0.5) is 14.9 Å². The lowest BCUT2D eigenvalue weighted by Crippen LogP contribution is -2.42. The Kier molecular flexibility index (Phi) is 6.01. The molecule has 0 bridgehead atoms. The molecule has 2 atom stereocenters. The summed E-state index contributed by atoms with van der Waals surface area (Å²) in [6.07, 6.45) is 3.94. The Balaban J connectivity index is 1.64. The van der Waals surface area contributed by atoms with Crippen molar-refractivity contribution in [1.29, 1.82) is 0 Å². The van der Waals surface area contributed by atoms with Gasteiger partial charge in [-0.05, 0) is 77.0 Å². The predicted molar refractivity (Wildman–Crippen MR) is 130 cm³/mol. The molecule has 1 aliphatic heterocycles. The van der Waals surface area contributed by atoms with Crippen LogP contribution in [0.25, 0.3) is 17.0 Å². The van der Waals surface area contributed by atoms with E-state index in [0.717, 1.165) is 35.7 Å².